The van der Waals surface area contributed by atoms with E-state index in [1.165, 1.54) is 4.90 Å². The number of hydrogen-bond donors (Lipinski definition) is 2. The van der Waals surface area contributed by atoms with Crippen molar-refractivity contribution in [1.82, 2.24) is 10.2 Å². The Hall–Kier alpha value is -0.750. The fourth-order valence-electron chi connectivity index (χ4n) is 2.07. The lowest BCUT2D eigenvalue weighted by Crippen LogP contribution is -2.52. The summed E-state index contributed by atoms with van der Waals surface area (Å²) in [5.74, 6) is -0.861. The van der Waals surface area contributed by atoms with Gasteiger partial charge < -0.3 is 15.3 Å². The predicted molar refractivity (Wildman–Crippen MR) is 71.7 cm³/mol. The molecule has 0 aromatic rings. The van der Waals surface area contributed by atoms with Crippen LogP contribution in [0.2, 0.25) is 0 Å². The molecule has 0 saturated heterocycles. The van der Waals surface area contributed by atoms with E-state index in [2.05, 4.69) is 5.32 Å². The van der Waals surface area contributed by atoms with E-state index in [-0.39, 0.29) is 6.54 Å². The lowest BCUT2D eigenvalue weighted by atomic mass is 9.90. The summed E-state index contributed by atoms with van der Waals surface area (Å²) in [5, 5.41) is 12.4. The fourth-order valence-corrected chi connectivity index (χ4v) is 2.07. The molecule has 0 radical (unpaired) electrons. The third-order valence-electron chi connectivity index (χ3n) is 3.32. The summed E-state index contributed by atoms with van der Waals surface area (Å²) >= 11 is 0. The van der Waals surface area contributed by atoms with Crippen LogP contribution in [-0.2, 0) is 4.79 Å². The summed E-state index contributed by atoms with van der Waals surface area (Å²) in [5.41, 5.74) is -0.929. The van der Waals surface area contributed by atoms with E-state index in [1.54, 1.807) is 7.05 Å². The Morgan fingerprint density at radius 1 is 1.42 bits per heavy atom. The normalized spacial score (nSPS) is 14.9. The Bertz CT molecular complexity index is 265. The molecule has 1 atom stereocenters. The van der Waals surface area contributed by atoms with E-state index in [9.17, 15) is 18.7 Å². The molecule has 6 heteroatoms. The van der Waals surface area contributed by atoms with Crippen LogP contribution in [0.5, 0.6) is 0 Å². The van der Waals surface area contributed by atoms with Gasteiger partial charge in [-0.2, -0.15) is 0 Å². The summed E-state index contributed by atoms with van der Waals surface area (Å²) in [6.45, 7) is 4.67. The topological polar surface area (TPSA) is 52.6 Å². The average Bonchev–Trinajstić information content (AvgIpc) is 2.32. The van der Waals surface area contributed by atoms with Gasteiger partial charge in [0.2, 0.25) is 0 Å². The van der Waals surface area contributed by atoms with Crippen molar-refractivity contribution in [3.05, 3.63) is 0 Å². The van der Waals surface area contributed by atoms with Crippen LogP contribution in [0.15, 0.2) is 0 Å². The van der Waals surface area contributed by atoms with Crippen LogP contribution < -0.4 is 5.32 Å². The molecule has 0 aliphatic carbocycles. The molecule has 0 fully saturated rings. The van der Waals surface area contributed by atoms with Gasteiger partial charge in [0.25, 0.3) is 6.43 Å². The molecule has 0 bridgehead atoms. The minimum atomic E-state index is -2.35. The highest BCUT2D eigenvalue weighted by molar-refractivity contribution is 5.78. The Morgan fingerprint density at radius 2 is 2.05 bits per heavy atom. The average molecular weight is 280 g/mol. The van der Waals surface area contributed by atoms with E-state index >= 15 is 0 Å². The zero-order chi connectivity index (χ0) is 14.9. The molecule has 19 heavy (non-hydrogen) atoms. The van der Waals surface area contributed by atoms with Crippen LogP contribution >= 0.6 is 0 Å². The quantitative estimate of drug-likeness (QED) is 0.609. The first kappa shape index (κ1) is 18.2. The second-order valence-corrected chi connectivity index (χ2v) is 4.92. The smallest absolute Gasteiger partial charge is 0.323 e. The number of nitrogens with one attached hydrogen (secondary N) is 1. The summed E-state index contributed by atoms with van der Waals surface area (Å²) in [6.07, 6.45) is 0.0341. The minimum Gasteiger partial charge on any atom is -0.480 e. The van der Waals surface area contributed by atoms with Gasteiger partial charge in [-0.25, -0.2) is 8.78 Å². The zero-order valence-electron chi connectivity index (χ0n) is 12.1. The molecule has 0 amide bonds. The second-order valence-electron chi connectivity index (χ2n) is 4.92. The lowest BCUT2D eigenvalue weighted by Gasteiger charge is -2.30. The van der Waals surface area contributed by atoms with E-state index < -0.39 is 17.9 Å². The van der Waals surface area contributed by atoms with Gasteiger partial charge in [0.05, 0.1) is 6.54 Å². The number of carbonyl (C=O) groups is 1. The Labute approximate surface area is 114 Å². The molecule has 0 aromatic carbocycles. The van der Waals surface area contributed by atoms with Crippen molar-refractivity contribution < 1.29 is 18.7 Å². The monoisotopic (exact) mass is 280 g/mol. The first-order valence-corrected chi connectivity index (χ1v) is 6.83. The van der Waals surface area contributed by atoms with Crippen molar-refractivity contribution in [3.8, 4) is 0 Å². The minimum absolute atomic E-state index is 0.269. The van der Waals surface area contributed by atoms with Crippen molar-refractivity contribution in [1.29, 1.82) is 0 Å². The Morgan fingerprint density at radius 3 is 2.47 bits per heavy atom. The maximum Gasteiger partial charge on any atom is 0.323 e. The molecule has 0 rings (SSSR count). The first-order chi connectivity index (χ1) is 8.88. The van der Waals surface area contributed by atoms with Crippen LogP contribution in [0.3, 0.4) is 0 Å². The number of carboxylic acids is 1. The van der Waals surface area contributed by atoms with Crippen molar-refractivity contribution in [2.45, 2.75) is 51.5 Å². The molecule has 0 aromatic heterocycles. The van der Waals surface area contributed by atoms with Crippen molar-refractivity contribution in [2.24, 2.45) is 0 Å². The van der Waals surface area contributed by atoms with Crippen molar-refractivity contribution in [2.75, 3.05) is 26.7 Å². The van der Waals surface area contributed by atoms with Gasteiger partial charge in [0, 0.05) is 0 Å². The first-order valence-electron chi connectivity index (χ1n) is 6.83. The van der Waals surface area contributed by atoms with Crippen LogP contribution in [0, 0.1) is 0 Å². The van der Waals surface area contributed by atoms with E-state index in [0.29, 0.717) is 32.4 Å². The molecule has 0 saturated carbocycles. The van der Waals surface area contributed by atoms with Crippen molar-refractivity contribution in [3.63, 3.8) is 0 Å². The molecule has 0 aliphatic heterocycles. The van der Waals surface area contributed by atoms with Gasteiger partial charge in [0.15, 0.2) is 0 Å². The highest BCUT2D eigenvalue weighted by Gasteiger charge is 2.35. The molecule has 0 aliphatic rings. The maximum atomic E-state index is 12.2. The fraction of sp³-hybridized carbons (Fsp3) is 0.923. The summed E-state index contributed by atoms with van der Waals surface area (Å²) < 4.78 is 24.3. The molecule has 0 spiro atoms. The summed E-state index contributed by atoms with van der Waals surface area (Å²) in [6, 6.07) is 0. The zero-order valence-corrected chi connectivity index (χ0v) is 12.1. The summed E-state index contributed by atoms with van der Waals surface area (Å²) in [7, 11) is 1.63. The molecule has 114 valence electrons. The molecular formula is C13H26F2N2O2. The highest BCUT2D eigenvalue weighted by atomic mass is 19.3. The third kappa shape index (κ3) is 6.82. The summed E-state index contributed by atoms with van der Waals surface area (Å²) in [4.78, 5) is 13.0. The van der Waals surface area contributed by atoms with Gasteiger partial charge >= 0.3 is 5.97 Å². The van der Waals surface area contributed by atoms with Gasteiger partial charge in [0.1, 0.15) is 5.54 Å². The van der Waals surface area contributed by atoms with E-state index in [1.807, 2.05) is 13.8 Å². The molecular weight excluding hydrogens is 254 g/mol. The number of hydrogen-bond acceptors (Lipinski definition) is 3. The van der Waals surface area contributed by atoms with Crippen LogP contribution in [0.25, 0.3) is 0 Å². The third-order valence-corrected chi connectivity index (χ3v) is 3.32. The molecule has 0 heterocycles. The van der Waals surface area contributed by atoms with Crippen molar-refractivity contribution >= 4 is 5.97 Å². The number of halogens is 2. The SMILES string of the molecule is CCCNC(CC)(CCCN(C)CC(F)F)C(=O)O. The number of nitrogens with zero attached hydrogens (tertiary/aromatic N) is 1. The number of rotatable bonds is 11. The van der Waals surface area contributed by atoms with Crippen LogP contribution in [-0.4, -0.2) is 54.6 Å². The number of alkyl halides is 2. The lowest BCUT2D eigenvalue weighted by molar-refractivity contribution is -0.145. The standard InChI is InChI=1S/C13H26F2N2O2/c1-4-8-16-13(5-2,12(18)19)7-6-9-17(3)10-11(14)15/h11,16H,4-10H2,1-3H3,(H,18,19). The predicted octanol–water partition coefficient (Wildman–Crippen LogP) is 2.20. The van der Waals surface area contributed by atoms with Gasteiger partial charge in [-0.05, 0) is 45.8 Å². The van der Waals surface area contributed by atoms with Gasteiger partial charge in [-0.15, -0.1) is 0 Å². The Kier molecular flexibility index (Phi) is 8.84. The largest absolute Gasteiger partial charge is 0.480 e. The van der Waals surface area contributed by atoms with E-state index in [4.69, 9.17) is 0 Å². The molecule has 4 nitrogen and oxygen atoms in total. The van der Waals surface area contributed by atoms with Gasteiger partial charge in [-0.3, -0.25) is 4.79 Å². The Balaban J connectivity index is 4.30. The van der Waals surface area contributed by atoms with E-state index in [0.717, 1.165) is 6.42 Å². The van der Waals surface area contributed by atoms with Gasteiger partial charge in [-0.1, -0.05) is 13.8 Å². The maximum absolute atomic E-state index is 12.2. The van der Waals surface area contributed by atoms with Crippen LogP contribution in [0.1, 0.15) is 39.5 Å². The van der Waals surface area contributed by atoms with Crippen LogP contribution in [0.4, 0.5) is 8.78 Å². The number of carboxylic acid groups (broad SMARTS) is 1. The highest BCUT2D eigenvalue weighted by Crippen LogP contribution is 2.18. The molecule has 1 unspecified atom stereocenters. The molecule has 2 N–H and O–H groups in total. The second kappa shape index (κ2) is 9.20. The number of aliphatic carboxylic acids is 1.